The highest BCUT2D eigenvalue weighted by Gasteiger charge is 2.51. The number of urea groups is 1. The van der Waals surface area contributed by atoms with Crippen LogP contribution < -0.4 is 5.32 Å². The summed E-state index contributed by atoms with van der Waals surface area (Å²) in [6, 6.07) is 0.0558. The number of hydrogen-bond donors (Lipinski definition) is 1. The van der Waals surface area contributed by atoms with Crippen LogP contribution in [0.2, 0.25) is 0 Å². The highest BCUT2D eigenvalue weighted by atomic mass is 16.5. The molecule has 0 aromatic carbocycles. The van der Waals surface area contributed by atoms with Gasteiger partial charge in [0.1, 0.15) is 0 Å². The molecule has 0 unspecified atom stereocenters. The molecule has 2 heterocycles. The summed E-state index contributed by atoms with van der Waals surface area (Å²) in [7, 11) is 3.72. The number of carbonyl (C=O) groups excluding carboxylic acids is 1. The normalized spacial score (nSPS) is 19.8. The van der Waals surface area contributed by atoms with Crippen LogP contribution in [0.3, 0.4) is 0 Å². The number of carbonyl (C=O) groups is 1. The average molecular weight is 334 g/mol. The molecule has 1 N–H and O–H groups in total. The number of methoxy groups -OCH3 is 1. The Bertz CT molecular complexity index is 600. The Morgan fingerprint density at radius 2 is 2.08 bits per heavy atom. The van der Waals surface area contributed by atoms with Crippen LogP contribution in [-0.2, 0) is 18.2 Å². The molecule has 0 spiro atoms. The van der Waals surface area contributed by atoms with Crippen LogP contribution in [0.4, 0.5) is 4.79 Å². The molecule has 1 aromatic rings. The minimum Gasteiger partial charge on any atom is -0.384 e. The summed E-state index contributed by atoms with van der Waals surface area (Å²) in [6.07, 6.45) is 4.74. The van der Waals surface area contributed by atoms with Crippen LogP contribution in [0, 0.1) is 25.2 Å². The van der Waals surface area contributed by atoms with Gasteiger partial charge in [0.25, 0.3) is 0 Å². The highest BCUT2D eigenvalue weighted by molar-refractivity contribution is 5.75. The molecule has 0 bridgehead atoms. The lowest BCUT2D eigenvalue weighted by Crippen LogP contribution is -2.66. The number of ether oxygens (including phenoxy) is 1. The zero-order chi connectivity index (χ0) is 17.3. The van der Waals surface area contributed by atoms with Crippen molar-refractivity contribution in [1.29, 1.82) is 0 Å². The van der Waals surface area contributed by atoms with Crippen molar-refractivity contribution in [3.8, 4) is 0 Å². The molecular weight excluding hydrogens is 304 g/mol. The van der Waals surface area contributed by atoms with Gasteiger partial charge in [0.15, 0.2) is 0 Å². The van der Waals surface area contributed by atoms with Crippen molar-refractivity contribution in [2.75, 3.05) is 33.4 Å². The summed E-state index contributed by atoms with van der Waals surface area (Å²) in [5, 5.41) is 7.49. The number of aromatic nitrogens is 2. The SMILES string of the molecule is COCC1(C2CCC2)CN(C(=O)NCCc2c(C)nn(C)c2C)C1. The lowest BCUT2D eigenvalue weighted by Gasteiger charge is -2.56. The van der Waals surface area contributed by atoms with Crippen molar-refractivity contribution >= 4 is 6.03 Å². The summed E-state index contributed by atoms with van der Waals surface area (Å²) in [4.78, 5) is 14.3. The van der Waals surface area contributed by atoms with Crippen LogP contribution in [-0.4, -0.2) is 54.1 Å². The molecule has 1 aliphatic carbocycles. The Balaban J connectivity index is 1.46. The Kier molecular flexibility index (Phi) is 4.85. The van der Waals surface area contributed by atoms with Crippen LogP contribution >= 0.6 is 0 Å². The summed E-state index contributed by atoms with van der Waals surface area (Å²) in [5.41, 5.74) is 3.68. The summed E-state index contributed by atoms with van der Waals surface area (Å²) in [5.74, 6) is 0.738. The largest absolute Gasteiger partial charge is 0.384 e. The summed E-state index contributed by atoms with van der Waals surface area (Å²) in [6.45, 7) is 7.20. The van der Waals surface area contributed by atoms with Crippen LogP contribution in [0.25, 0.3) is 0 Å². The smallest absolute Gasteiger partial charge is 0.317 e. The standard InChI is InChI=1S/C18H30N4O2/c1-13-16(14(2)21(3)20-13)8-9-19-17(23)22-10-18(11-22,12-24-4)15-6-5-7-15/h15H,5-12H2,1-4H3,(H,19,23). The monoisotopic (exact) mass is 334 g/mol. The molecule has 0 radical (unpaired) electrons. The van der Waals surface area contributed by atoms with E-state index in [0.717, 1.165) is 37.7 Å². The van der Waals surface area contributed by atoms with Crippen molar-refractivity contribution in [2.24, 2.45) is 18.4 Å². The first-order valence-electron chi connectivity index (χ1n) is 8.97. The van der Waals surface area contributed by atoms with E-state index in [1.165, 1.54) is 30.5 Å². The first kappa shape index (κ1) is 17.3. The van der Waals surface area contributed by atoms with E-state index in [4.69, 9.17) is 4.74 Å². The molecule has 24 heavy (non-hydrogen) atoms. The van der Waals surface area contributed by atoms with Gasteiger partial charge in [0.05, 0.1) is 12.3 Å². The molecule has 1 saturated heterocycles. The number of rotatable bonds is 6. The third-order valence-corrected chi connectivity index (χ3v) is 6.01. The zero-order valence-electron chi connectivity index (χ0n) is 15.4. The second-order valence-electron chi connectivity index (χ2n) is 7.53. The number of likely N-dealkylation sites (tertiary alicyclic amines) is 1. The Hall–Kier alpha value is -1.56. The van der Waals surface area contributed by atoms with Gasteiger partial charge >= 0.3 is 6.03 Å². The Morgan fingerprint density at radius 1 is 1.38 bits per heavy atom. The Labute approximate surface area is 144 Å². The number of hydrogen-bond acceptors (Lipinski definition) is 3. The van der Waals surface area contributed by atoms with E-state index in [1.54, 1.807) is 7.11 Å². The maximum Gasteiger partial charge on any atom is 0.317 e. The van der Waals surface area contributed by atoms with Crippen molar-refractivity contribution in [2.45, 2.75) is 39.5 Å². The maximum absolute atomic E-state index is 12.4. The van der Waals surface area contributed by atoms with Crippen LogP contribution in [0.15, 0.2) is 0 Å². The third kappa shape index (κ3) is 3.04. The first-order chi connectivity index (χ1) is 11.5. The van der Waals surface area contributed by atoms with Crippen molar-refractivity contribution in [3.63, 3.8) is 0 Å². The predicted octanol–water partition coefficient (Wildman–Crippen LogP) is 2.04. The van der Waals surface area contributed by atoms with Gasteiger partial charge in [0, 0.05) is 44.9 Å². The number of amides is 2. The molecule has 2 amide bonds. The van der Waals surface area contributed by atoms with Gasteiger partial charge < -0.3 is 15.0 Å². The molecule has 6 nitrogen and oxygen atoms in total. The van der Waals surface area contributed by atoms with E-state index < -0.39 is 0 Å². The highest BCUT2D eigenvalue weighted by Crippen LogP contribution is 2.48. The molecule has 2 aliphatic rings. The fourth-order valence-electron chi connectivity index (χ4n) is 4.22. The lowest BCUT2D eigenvalue weighted by molar-refractivity contribution is -0.0938. The Morgan fingerprint density at radius 3 is 2.58 bits per heavy atom. The second kappa shape index (κ2) is 6.75. The van der Waals surface area contributed by atoms with Gasteiger partial charge in [0.2, 0.25) is 0 Å². The van der Waals surface area contributed by atoms with Gasteiger partial charge in [-0.1, -0.05) is 6.42 Å². The van der Waals surface area contributed by atoms with E-state index in [-0.39, 0.29) is 11.4 Å². The fourth-order valence-corrected chi connectivity index (χ4v) is 4.22. The number of nitrogens with one attached hydrogen (secondary N) is 1. The van der Waals surface area contributed by atoms with Crippen LogP contribution in [0.1, 0.15) is 36.2 Å². The average Bonchev–Trinajstić information content (AvgIpc) is 2.68. The summed E-state index contributed by atoms with van der Waals surface area (Å²) >= 11 is 0. The van der Waals surface area contributed by atoms with Gasteiger partial charge in [-0.15, -0.1) is 0 Å². The van der Waals surface area contributed by atoms with E-state index in [0.29, 0.717) is 6.54 Å². The molecule has 3 rings (SSSR count). The third-order valence-electron chi connectivity index (χ3n) is 6.01. The van der Waals surface area contributed by atoms with Gasteiger partial charge in [-0.25, -0.2) is 4.79 Å². The quantitative estimate of drug-likeness (QED) is 0.866. The van der Waals surface area contributed by atoms with E-state index in [1.807, 2.05) is 23.6 Å². The number of aryl methyl sites for hydroxylation is 2. The predicted molar refractivity (Wildman–Crippen MR) is 93.0 cm³/mol. The number of nitrogens with zero attached hydrogens (tertiary/aromatic N) is 3. The molecule has 134 valence electrons. The topological polar surface area (TPSA) is 59.4 Å². The van der Waals surface area contributed by atoms with Gasteiger partial charge in [-0.05, 0) is 44.6 Å². The van der Waals surface area contributed by atoms with Crippen molar-refractivity contribution in [1.82, 2.24) is 20.0 Å². The maximum atomic E-state index is 12.4. The van der Waals surface area contributed by atoms with Crippen molar-refractivity contribution in [3.05, 3.63) is 17.0 Å². The molecule has 2 fully saturated rings. The second-order valence-corrected chi connectivity index (χ2v) is 7.53. The minimum atomic E-state index is 0.0558. The molecule has 1 aliphatic heterocycles. The van der Waals surface area contributed by atoms with Crippen molar-refractivity contribution < 1.29 is 9.53 Å². The van der Waals surface area contributed by atoms with E-state index in [2.05, 4.69) is 17.3 Å². The van der Waals surface area contributed by atoms with Gasteiger partial charge in [-0.2, -0.15) is 5.10 Å². The zero-order valence-corrected chi connectivity index (χ0v) is 15.4. The minimum absolute atomic E-state index is 0.0558. The molecular formula is C18H30N4O2. The molecule has 0 atom stereocenters. The first-order valence-corrected chi connectivity index (χ1v) is 8.97. The van der Waals surface area contributed by atoms with Gasteiger partial charge in [-0.3, -0.25) is 4.68 Å². The van der Waals surface area contributed by atoms with E-state index >= 15 is 0 Å². The molecule has 6 heteroatoms. The van der Waals surface area contributed by atoms with Crippen LogP contribution in [0.5, 0.6) is 0 Å². The lowest BCUT2D eigenvalue weighted by atomic mass is 9.61. The fraction of sp³-hybridized carbons (Fsp3) is 0.778. The molecule has 1 saturated carbocycles. The molecule has 1 aromatic heterocycles. The van der Waals surface area contributed by atoms with E-state index in [9.17, 15) is 4.79 Å². The summed E-state index contributed by atoms with van der Waals surface area (Å²) < 4.78 is 7.34.